The molecule has 3 aliphatic rings. The van der Waals surface area contributed by atoms with Crippen molar-refractivity contribution < 1.29 is 33.4 Å². The molecule has 2 aromatic rings. The standard InChI is InChI=1S/C28H28N2O7S/c1-15(31)20-21-23(28(34)37-14-17-9-11-18(35-2)12-10-17)30-26(33)22(27(30)38-25(21)24(20)36-3)29-19(32)13-16-7-5-4-6-8-16/h4-12,20,22,24-25,27H,13-14H2,1-3H3,(H,29,32)/t20-,22-,24+,25-,27-/m1/s1. The maximum Gasteiger partial charge on any atom is 0.355 e. The Labute approximate surface area is 224 Å². The van der Waals surface area contributed by atoms with E-state index in [-0.39, 0.29) is 35.7 Å². The Bertz CT molecular complexity index is 1290. The molecule has 2 heterocycles. The van der Waals surface area contributed by atoms with E-state index in [1.807, 2.05) is 30.3 Å². The second kappa shape index (κ2) is 10.6. The number of esters is 1. The fraction of sp³-hybridized carbons (Fsp3) is 0.357. The molecule has 10 heteroatoms. The highest BCUT2D eigenvalue weighted by Gasteiger charge is 2.63. The van der Waals surface area contributed by atoms with Crippen LogP contribution in [0.3, 0.4) is 0 Å². The van der Waals surface area contributed by atoms with Gasteiger partial charge in [0.1, 0.15) is 35.3 Å². The van der Waals surface area contributed by atoms with Crippen molar-refractivity contribution in [2.75, 3.05) is 14.2 Å². The van der Waals surface area contributed by atoms with Crippen LogP contribution in [0.2, 0.25) is 0 Å². The monoisotopic (exact) mass is 536 g/mol. The minimum Gasteiger partial charge on any atom is -0.497 e. The first-order valence-electron chi connectivity index (χ1n) is 12.2. The van der Waals surface area contributed by atoms with Crippen molar-refractivity contribution in [3.05, 3.63) is 77.0 Å². The molecule has 0 radical (unpaired) electrons. The maximum absolute atomic E-state index is 13.4. The van der Waals surface area contributed by atoms with Gasteiger partial charge in [0.15, 0.2) is 0 Å². The minimum absolute atomic E-state index is 0.0141. The smallest absolute Gasteiger partial charge is 0.355 e. The summed E-state index contributed by atoms with van der Waals surface area (Å²) in [6, 6.07) is 15.5. The SMILES string of the molecule is COc1ccc(COC(=O)C2=C3[C@@H](C(C)=O)[C@H](OC)[C@@H]3S[C@@H]3[C@H](NC(=O)Cc4ccccc4)C(=O)N23)cc1. The third-order valence-corrected chi connectivity index (χ3v) is 8.65. The lowest BCUT2D eigenvalue weighted by atomic mass is 9.71. The largest absolute Gasteiger partial charge is 0.497 e. The molecule has 1 N–H and O–H groups in total. The van der Waals surface area contributed by atoms with Crippen LogP contribution in [0.4, 0.5) is 0 Å². The highest BCUT2D eigenvalue weighted by molar-refractivity contribution is 8.01. The summed E-state index contributed by atoms with van der Waals surface area (Å²) in [7, 11) is 3.09. The number of benzene rings is 2. The van der Waals surface area contributed by atoms with Crippen LogP contribution in [-0.4, -0.2) is 65.5 Å². The first kappa shape index (κ1) is 26.0. The van der Waals surface area contributed by atoms with E-state index in [0.717, 1.165) is 11.1 Å². The van der Waals surface area contributed by atoms with E-state index >= 15 is 0 Å². The number of fused-ring (bicyclic) bond motifs is 2. The molecular formula is C28H28N2O7S. The van der Waals surface area contributed by atoms with E-state index in [9.17, 15) is 19.2 Å². The molecule has 38 heavy (non-hydrogen) atoms. The average molecular weight is 537 g/mol. The molecule has 2 aliphatic heterocycles. The van der Waals surface area contributed by atoms with Gasteiger partial charge in [-0.25, -0.2) is 4.79 Å². The van der Waals surface area contributed by atoms with Crippen LogP contribution < -0.4 is 10.1 Å². The molecule has 1 saturated carbocycles. The van der Waals surface area contributed by atoms with Crippen molar-refractivity contribution in [2.24, 2.45) is 5.92 Å². The average Bonchev–Trinajstić information content (AvgIpc) is 2.91. The summed E-state index contributed by atoms with van der Waals surface area (Å²) in [5.74, 6) is -1.49. The van der Waals surface area contributed by atoms with Gasteiger partial charge >= 0.3 is 5.97 Å². The van der Waals surface area contributed by atoms with Crippen molar-refractivity contribution in [1.82, 2.24) is 10.2 Å². The van der Waals surface area contributed by atoms with Crippen LogP contribution in [0, 0.1) is 5.92 Å². The van der Waals surface area contributed by atoms with Gasteiger partial charge < -0.3 is 19.5 Å². The number of nitrogens with one attached hydrogen (secondary N) is 1. The zero-order valence-corrected chi connectivity index (χ0v) is 22.0. The summed E-state index contributed by atoms with van der Waals surface area (Å²) < 4.78 is 16.4. The normalized spacial score (nSPS) is 25.4. The number of nitrogens with zero attached hydrogens (tertiary/aromatic N) is 1. The highest BCUT2D eigenvalue weighted by atomic mass is 32.2. The number of β-lactam (4-membered cyclic amide) rings is 1. The third-order valence-electron chi connectivity index (χ3n) is 7.07. The highest BCUT2D eigenvalue weighted by Crippen LogP contribution is 2.55. The topological polar surface area (TPSA) is 111 Å². The lowest BCUT2D eigenvalue weighted by Crippen LogP contribution is -2.73. The zero-order chi connectivity index (χ0) is 27.0. The number of carbonyl (C=O) groups excluding carboxylic acids is 4. The van der Waals surface area contributed by atoms with Crippen LogP contribution >= 0.6 is 11.8 Å². The van der Waals surface area contributed by atoms with Gasteiger partial charge in [0.2, 0.25) is 5.91 Å². The number of amides is 2. The van der Waals surface area contributed by atoms with Crippen LogP contribution in [0.1, 0.15) is 18.1 Å². The Morgan fingerprint density at radius 1 is 1.00 bits per heavy atom. The first-order valence-corrected chi connectivity index (χ1v) is 13.2. The van der Waals surface area contributed by atoms with Crippen molar-refractivity contribution in [3.63, 3.8) is 0 Å². The molecule has 5 rings (SSSR count). The van der Waals surface area contributed by atoms with E-state index < -0.39 is 35.3 Å². The van der Waals surface area contributed by atoms with Gasteiger partial charge in [-0.15, -0.1) is 11.8 Å². The van der Waals surface area contributed by atoms with Crippen molar-refractivity contribution in [3.8, 4) is 5.75 Å². The molecule has 5 atom stereocenters. The number of Topliss-reactive ketones (excluding diaryl/α,β-unsaturated/α-hetero) is 1. The van der Waals surface area contributed by atoms with Crippen LogP contribution in [0.15, 0.2) is 65.9 Å². The molecular weight excluding hydrogens is 508 g/mol. The lowest BCUT2D eigenvalue weighted by molar-refractivity contribution is -0.154. The van der Waals surface area contributed by atoms with Crippen molar-refractivity contribution >= 4 is 35.3 Å². The Morgan fingerprint density at radius 3 is 2.34 bits per heavy atom. The van der Waals surface area contributed by atoms with Gasteiger partial charge in [-0.3, -0.25) is 19.3 Å². The summed E-state index contributed by atoms with van der Waals surface area (Å²) in [4.78, 5) is 53.2. The second-order valence-corrected chi connectivity index (χ2v) is 10.6. The zero-order valence-electron chi connectivity index (χ0n) is 21.2. The van der Waals surface area contributed by atoms with Crippen LogP contribution in [0.5, 0.6) is 5.75 Å². The lowest BCUT2D eigenvalue weighted by Gasteiger charge is -2.58. The molecule has 1 saturated heterocycles. The molecule has 0 bridgehead atoms. The summed E-state index contributed by atoms with van der Waals surface area (Å²) in [5.41, 5.74) is 2.21. The number of carbonyl (C=O) groups is 4. The first-order chi connectivity index (χ1) is 18.3. The number of rotatable bonds is 9. The number of thioether (sulfide) groups is 1. The van der Waals surface area contributed by atoms with Crippen LogP contribution in [-0.2, 0) is 41.7 Å². The Kier molecular flexibility index (Phi) is 7.27. The molecule has 0 unspecified atom stereocenters. The fourth-order valence-corrected chi connectivity index (χ4v) is 6.96. The maximum atomic E-state index is 13.4. The van der Waals surface area contributed by atoms with Crippen molar-refractivity contribution in [1.29, 1.82) is 0 Å². The number of hydrogen-bond donors (Lipinski definition) is 1. The summed E-state index contributed by atoms with van der Waals surface area (Å²) in [6.45, 7) is 1.43. The summed E-state index contributed by atoms with van der Waals surface area (Å²) in [6.07, 6.45) is -0.299. The fourth-order valence-electron chi connectivity index (χ4n) is 5.15. The summed E-state index contributed by atoms with van der Waals surface area (Å²) in [5, 5.41) is 2.01. The molecule has 9 nitrogen and oxygen atoms in total. The molecule has 0 aromatic heterocycles. The molecule has 1 aliphatic carbocycles. The predicted molar refractivity (Wildman–Crippen MR) is 139 cm³/mol. The van der Waals surface area contributed by atoms with Crippen molar-refractivity contribution in [2.45, 2.75) is 42.7 Å². The molecule has 2 aromatic carbocycles. The molecule has 198 valence electrons. The third kappa shape index (κ3) is 4.58. The van der Waals surface area contributed by atoms with Gasteiger partial charge in [0.25, 0.3) is 5.91 Å². The second-order valence-electron chi connectivity index (χ2n) is 9.38. The Morgan fingerprint density at radius 2 is 1.71 bits per heavy atom. The predicted octanol–water partition coefficient (Wildman–Crippen LogP) is 2.24. The van der Waals surface area contributed by atoms with E-state index in [1.165, 1.54) is 30.7 Å². The quantitative estimate of drug-likeness (QED) is 0.384. The molecule has 2 amide bonds. The van der Waals surface area contributed by atoms with Gasteiger partial charge in [0, 0.05) is 7.11 Å². The number of ether oxygens (including phenoxy) is 3. The van der Waals surface area contributed by atoms with E-state index in [2.05, 4.69) is 5.32 Å². The number of hydrogen-bond acceptors (Lipinski definition) is 8. The van der Waals surface area contributed by atoms with E-state index in [0.29, 0.717) is 11.3 Å². The number of methoxy groups -OCH3 is 2. The summed E-state index contributed by atoms with van der Waals surface area (Å²) >= 11 is 1.42. The molecule has 0 spiro atoms. The number of ketones is 1. The van der Waals surface area contributed by atoms with E-state index in [4.69, 9.17) is 14.2 Å². The van der Waals surface area contributed by atoms with Crippen LogP contribution in [0.25, 0.3) is 0 Å². The Hall–Kier alpha value is -3.63. The van der Waals surface area contributed by atoms with Gasteiger partial charge in [0.05, 0.1) is 30.8 Å². The van der Waals surface area contributed by atoms with Gasteiger partial charge in [-0.1, -0.05) is 42.5 Å². The van der Waals surface area contributed by atoms with Gasteiger partial charge in [-0.05, 0) is 35.8 Å². The Balaban J connectivity index is 1.37. The minimum atomic E-state index is -0.795. The van der Waals surface area contributed by atoms with Gasteiger partial charge in [-0.2, -0.15) is 0 Å². The molecule has 2 fully saturated rings. The van der Waals surface area contributed by atoms with E-state index in [1.54, 1.807) is 31.4 Å².